The van der Waals surface area contributed by atoms with Gasteiger partial charge in [-0.2, -0.15) is 5.10 Å². The molecule has 1 rings (SSSR count). The van der Waals surface area contributed by atoms with Crippen LogP contribution in [0.4, 0.5) is 0 Å². The van der Waals surface area contributed by atoms with E-state index in [9.17, 15) is 4.79 Å². The van der Waals surface area contributed by atoms with Gasteiger partial charge in [0, 0.05) is 0 Å². The van der Waals surface area contributed by atoms with Gasteiger partial charge in [-0.1, -0.05) is 0 Å². The van der Waals surface area contributed by atoms with Gasteiger partial charge < -0.3 is 0 Å². The van der Waals surface area contributed by atoms with Gasteiger partial charge in [-0.15, -0.1) is 0 Å². The Morgan fingerprint density at radius 2 is 2.08 bits per heavy atom. The molecule has 3 heteroatoms. The van der Waals surface area contributed by atoms with Crippen LogP contribution in [0.1, 0.15) is 36.8 Å². The minimum Gasteiger partial charge on any atom is -0.296 e. The zero-order valence-corrected chi connectivity index (χ0v) is 7.96. The van der Waals surface area contributed by atoms with Crippen molar-refractivity contribution < 1.29 is 4.79 Å². The third-order valence-corrected chi connectivity index (χ3v) is 1.75. The highest BCUT2D eigenvalue weighted by atomic mass is 16.1. The van der Waals surface area contributed by atoms with Gasteiger partial charge in [0.15, 0.2) is 6.29 Å². The molecule has 0 bridgehead atoms. The van der Waals surface area contributed by atoms with Gasteiger partial charge in [0.25, 0.3) is 0 Å². The molecule has 0 unspecified atom stereocenters. The normalized spacial score (nSPS) is 11.7. The quantitative estimate of drug-likeness (QED) is 0.596. The molecule has 0 amide bonds. The van der Waals surface area contributed by atoms with Crippen molar-refractivity contribution in [2.45, 2.75) is 33.2 Å². The van der Waals surface area contributed by atoms with Gasteiger partial charge in [0.1, 0.15) is 5.69 Å². The highest BCUT2D eigenvalue weighted by molar-refractivity contribution is 5.74. The van der Waals surface area contributed by atoms with E-state index in [0.717, 1.165) is 11.8 Å². The summed E-state index contributed by atoms with van der Waals surface area (Å²) in [5.41, 5.74) is 1.48. The van der Waals surface area contributed by atoms with Gasteiger partial charge in [-0.05, 0) is 33.3 Å². The van der Waals surface area contributed by atoms with Crippen LogP contribution in [0, 0.1) is 6.92 Å². The van der Waals surface area contributed by atoms with E-state index in [1.165, 1.54) is 0 Å². The fraction of sp³-hybridized carbons (Fsp3) is 0.556. The molecule has 1 aromatic rings. The second-order valence-electron chi connectivity index (χ2n) is 3.91. The van der Waals surface area contributed by atoms with Gasteiger partial charge in [-0.25, -0.2) is 0 Å². The summed E-state index contributed by atoms with van der Waals surface area (Å²) in [7, 11) is 0. The summed E-state index contributed by atoms with van der Waals surface area (Å²) in [6, 6.07) is 0. The van der Waals surface area contributed by atoms with Crippen molar-refractivity contribution in [2.24, 2.45) is 0 Å². The van der Waals surface area contributed by atoms with Crippen LogP contribution in [0.25, 0.3) is 0 Å². The van der Waals surface area contributed by atoms with Crippen LogP contribution in [-0.4, -0.2) is 16.1 Å². The lowest BCUT2D eigenvalue weighted by Crippen LogP contribution is -2.25. The van der Waals surface area contributed by atoms with Crippen LogP contribution in [0.15, 0.2) is 6.20 Å². The third kappa shape index (κ3) is 1.40. The van der Waals surface area contributed by atoms with Crippen molar-refractivity contribution in [3.05, 3.63) is 17.5 Å². The first-order valence-electron chi connectivity index (χ1n) is 3.97. The summed E-state index contributed by atoms with van der Waals surface area (Å²) in [5.74, 6) is 0. The maximum Gasteiger partial charge on any atom is 0.168 e. The average Bonchev–Trinajstić information content (AvgIpc) is 2.29. The SMILES string of the molecule is Cc1cnn(C(C)(C)C)c1C=O. The third-order valence-electron chi connectivity index (χ3n) is 1.75. The number of aromatic nitrogens is 2. The lowest BCUT2D eigenvalue weighted by Gasteiger charge is -2.20. The van der Waals surface area contributed by atoms with Crippen LogP contribution < -0.4 is 0 Å². The lowest BCUT2D eigenvalue weighted by molar-refractivity contribution is 0.110. The van der Waals surface area contributed by atoms with Crippen LogP contribution in [-0.2, 0) is 5.54 Å². The number of carbonyl (C=O) groups is 1. The Morgan fingerprint density at radius 1 is 1.50 bits per heavy atom. The van der Waals surface area contributed by atoms with Crippen molar-refractivity contribution in [1.82, 2.24) is 9.78 Å². The average molecular weight is 166 g/mol. The maximum atomic E-state index is 10.7. The minimum atomic E-state index is -0.121. The standard InChI is InChI=1S/C9H14N2O/c1-7-5-10-11(8(7)6-12)9(2,3)4/h5-6H,1-4H3. The summed E-state index contributed by atoms with van der Waals surface area (Å²) >= 11 is 0. The Bertz CT molecular complexity index is 294. The lowest BCUT2D eigenvalue weighted by atomic mass is 10.1. The van der Waals surface area contributed by atoms with Gasteiger partial charge in [-0.3, -0.25) is 9.48 Å². The van der Waals surface area contributed by atoms with E-state index in [1.54, 1.807) is 10.9 Å². The largest absolute Gasteiger partial charge is 0.296 e. The van der Waals surface area contributed by atoms with Crippen LogP contribution >= 0.6 is 0 Å². The van der Waals surface area contributed by atoms with Crippen LogP contribution in [0.2, 0.25) is 0 Å². The molecule has 0 saturated carbocycles. The van der Waals surface area contributed by atoms with E-state index in [2.05, 4.69) is 5.10 Å². The van der Waals surface area contributed by atoms with Crippen molar-refractivity contribution in [1.29, 1.82) is 0 Å². The molecule has 0 fully saturated rings. The molecule has 0 aliphatic rings. The monoisotopic (exact) mass is 166 g/mol. The predicted octanol–water partition coefficient (Wildman–Crippen LogP) is 1.76. The summed E-state index contributed by atoms with van der Waals surface area (Å²) in [6.07, 6.45) is 2.57. The minimum absolute atomic E-state index is 0.121. The topological polar surface area (TPSA) is 34.9 Å². The molecule has 12 heavy (non-hydrogen) atoms. The van der Waals surface area contributed by atoms with Gasteiger partial charge in [0.2, 0.25) is 0 Å². The number of rotatable bonds is 1. The van der Waals surface area contributed by atoms with Crippen LogP contribution in [0.5, 0.6) is 0 Å². The van der Waals surface area contributed by atoms with Crippen molar-refractivity contribution in [3.63, 3.8) is 0 Å². The fourth-order valence-corrected chi connectivity index (χ4v) is 1.12. The highest BCUT2D eigenvalue weighted by Crippen LogP contribution is 2.16. The van der Waals surface area contributed by atoms with Gasteiger partial charge >= 0.3 is 0 Å². The summed E-state index contributed by atoms with van der Waals surface area (Å²) in [5, 5.41) is 4.14. The number of nitrogens with zero attached hydrogens (tertiary/aromatic N) is 2. The summed E-state index contributed by atoms with van der Waals surface area (Å²) in [6.45, 7) is 7.95. The molecule has 1 heterocycles. The van der Waals surface area contributed by atoms with Crippen molar-refractivity contribution >= 4 is 6.29 Å². The van der Waals surface area contributed by atoms with E-state index in [0.29, 0.717) is 5.69 Å². The van der Waals surface area contributed by atoms with Crippen molar-refractivity contribution in [2.75, 3.05) is 0 Å². The number of hydrogen-bond acceptors (Lipinski definition) is 2. The first-order valence-corrected chi connectivity index (χ1v) is 3.97. The number of aryl methyl sites for hydroxylation is 1. The number of aldehydes is 1. The fourth-order valence-electron chi connectivity index (χ4n) is 1.12. The Balaban J connectivity index is 3.25. The molecule has 1 aromatic heterocycles. The Labute approximate surface area is 72.4 Å². The first-order chi connectivity index (χ1) is 5.46. The molecule has 3 nitrogen and oxygen atoms in total. The number of hydrogen-bond donors (Lipinski definition) is 0. The molecule has 0 spiro atoms. The van der Waals surface area contributed by atoms with E-state index in [4.69, 9.17) is 0 Å². The molecule has 0 saturated heterocycles. The second-order valence-corrected chi connectivity index (χ2v) is 3.91. The van der Waals surface area contributed by atoms with E-state index < -0.39 is 0 Å². The molecule has 0 radical (unpaired) electrons. The second kappa shape index (κ2) is 2.73. The predicted molar refractivity (Wildman–Crippen MR) is 47.3 cm³/mol. The zero-order valence-electron chi connectivity index (χ0n) is 7.96. The number of carbonyl (C=O) groups excluding carboxylic acids is 1. The van der Waals surface area contributed by atoms with E-state index >= 15 is 0 Å². The van der Waals surface area contributed by atoms with E-state index in [-0.39, 0.29) is 5.54 Å². The molecule has 66 valence electrons. The summed E-state index contributed by atoms with van der Waals surface area (Å²) < 4.78 is 1.75. The molecule has 0 atom stereocenters. The molecule has 0 aromatic carbocycles. The Morgan fingerprint density at radius 3 is 2.42 bits per heavy atom. The zero-order chi connectivity index (χ0) is 9.35. The Kier molecular flexibility index (Phi) is 2.04. The van der Waals surface area contributed by atoms with Crippen LogP contribution in [0.3, 0.4) is 0 Å². The van der Waals surface area contributed by atoms with Crippen molar-refractivity contribution in [3.8, 4) is 0 Å². The molecule has 0 aliphatic carbocycles. The molecule has 0 N–H and O–H groups in total. The summed E-state index contributed by atoms with van der Waals surface area (Å²) in [4.78, 5) is 10.7. The molecule has 0 aliphatic heterocycles. The highest BCUT2D eigenvalue weighted by Gasteiger charge is 2.18. The first kappa shape index (κ1) is 8.97. The molecular weight excluding hydrogens is 152 g/mol. The maximum absolute atomic E-state index is 10.7. The van der Waals surface area contributed by atoms with Gasteiger partial charge in [0.05, 0.1) is 11.7 Å². The smallest absolute Gasteiger partial charge is 0.168 e. The Hall–Kier alpha value is -1.12. The van der Waals surface area contributed by atoms with E-state index in [1.807, 2.05) is 27.7 Å². The molecular formula is C9H14N2O.